The van der Waals surface area contributed by atoms with Crippen LogP contribution in [0.5, 0.6) is 0 Å². The number of benzene rings is 1. The molecule has 7 heteroatoms. The predicted molar refractivity (Wildman–Crippen MR) is 55.6 cm³/mol. The number of aliphatic imine (C=N–C) groups is 1. The fraction of sp³-hybridized carbons (Fsp3) is 0.100. The molecule has 0 aliphatic heterocycles. The molecule has 84 valence electrons. The standard InChI is InChI=1S/C10H2F3N3S/c11-10(12,13)9-6(3-14)1-2-8(16-5-17)7(9)4-15/h1-2H. The summed E-state index contributed by atoms with van der Waals surface area (Å²) in [7, 11) is 0. The van der Waals surface area contributed by atoms with Gasteiger partial charge in [-0.25, -0.2) is 0 Å². The minimum atomic E-state index is -4.80. The summed E-state index contributed by atoms with van der Waals surface area (Å²) >= 11 is 4.27. The van der Waals surface area contributed by atoms with Crippen LogP contribution in [-0.4, -0.2) is 5.16 Å². The summed E-state index contributed by atoms with van der Waals surface area (Å²) in [6.45, 7) is 0. The van der Waals surface area contributed by atoms with Crippen LogP contribution in [0.2, 0.25) is 0 Å². The number of nitrogens with zero attached hydrogens (tertiary/aromatic N) is 3. The Hall–Kier alpha value is -2.21. The van der Waals surface area contributed by atoms with Crippen molar-refractivity contribution in [3.8, 4) is 12.1 Å². The quantitative estimate of drug-likeness (QED) is 0.570. The first kappa shape index (κ1) is 12.9. The zero-order valence-corrected chi connectivity index (χ0v) is 8.85. The Morgan fingerprint density at radius 3 is 2.24 bits per heavy atom. The van der Waals surface area contributed by atoms with Crippen LogP contribution in [-0.2, 0) is 6.18 Å². The molecule has 0 spiro atoms. The highest BCUT2D eigenvalue weighted by Crippen LogP contribution is 2.37. The Balaban J connectivity index is 3.76. The molecular weight excluding hydrogens is 251 g/mol. The third kappa shape index (κ3) is 2.48. The zero-order valence-electron chi connectivity index (χ0n) is 8.04. The van der Waals surface area contributed by atoms with Gasteiger partial charge in [-0.3, -0.25) is 0 Å². The van der Waals surface area contributed by atoms with Gasteiger partial charge in [0, 0.05) is 0 Å². The van der Waals surface area contributed by atoms with E-state index in [9.17, 15) is 13.2 Å². The number of halogens is 3. The Bertz CT molecular complexity index is 587. The molecule has 0 heterocycles. The molecule has 3 nitrogen and oxygen atoms in total. The molecule has 1 aromatic rings. The van der Waals surface area contributed by atoms with Gasteiger partial charge in [-0.05, 0) is 24.4 Å². The molecule has 0 amide bonds. The van der Waals surface area contributed by atoms with Crippen molar-refractivity contribution in [1.29, 1.82) is 10.5 Å². The molecule has 1 rings (SSSR count). The van der Waals surface area contributed by atoms with E-state index in [-0.39, 0.29) is 5.69 Å². The van der Waals surface area contributed by atoms with Gasteiger partial charge in [-0.2, -0.15) is 28.7 Å². The van der Waals surface area contributed by atoms with E-state index < -0.39 is 22.9 Å². The first-order chi connectivity index (χ1) is 7.95. The van der Waals surface area contributed by atoms with E-state index in [1.807, 2.05) is 5.16 Å². The van der Waals surface area contributed by atoms with E-state index in [0.29, 0.717) is 0 Å². The van der Waals surface area contributed by atoms with E-state index in [4.69, 9.17) is 10.5 Å². The molecule has 0 saturated heterocycles. The van der Waals surface area contributed by atoms with Gasteiger partial charge in [-0.15, -0.1) is 0 Å². The molecule has 17 heavy (non-hydrogen) atoms. The zero-order chi connectivity index (χ0) is 13.1. The number of nitriles is 2. The van der Waals surface area contributed by atoms with Crippen LogP contribution in [0.15, 0.2) is 17.1 Å². The van der Waals surface area contributed by atoms with E-state index >= 15 is 0 Å². The second kappa shape index (κ2) is 4.75. The first-order valence-corrected chi connectivity index (χ1v) is 4.48. The van der Waals surface area contributed by atoms with Crippen LogP contribution in [0.25, 0.3) is 0 Å². The number of alkyl halides is 3. The molecule has 0 aromatic heterocycles. The van der Waals surface area contributed by atoms with Crippen molar-refractivity contribution in [3.63, 3.8) is 0 Å². The third-order valence-electron chi connectivity index (χ3n) is 1.87. The highest BCUT2D eigenvalue weighted by Gasteiger charge is 2.37. The average Bonchev–Trinajstić information content (AvgIpc) is 2.27. The molecular formula is C10H2F3N3S. The summed E-state index contributed by atoms with van der Waals surface area (Å²) in [5.41, 5.74) is -2.91. The summed E-state index contributed by atoms with van der Waals surface area (Å²) in [5, 5.41) is 19.2. The Morgan fingerprint density at radius 2 is 1.82 bits per heavy atom. The van der Waals surface area contributed by atoms with Crippen LogP contribution < -0.4 is 0 Å². The lowest BCUT2D eigenvalue weighted by Crippen LogP contribution is -2.10. The van der Waals surface area contributed by atoms with Crippen LogP contribution in [0.3, 0.4) is 0 Å². The topological polar surface area (TPSA) is 59.9 Å². The lowest BCUT2D eigenvalue weighted by molar-refractivity contribution is -0.137. The minimum Gasteiger partial charge on any atom is -0.193 e. The first-order valence-electron chi connectivity index (χ1n) is 4.08. The fourth-order valence-electron chi connectivity index (χ4n) is 1.23. The maximum Gasteiger partial charge on any atom is 0.419 e. The van der Waals surface area contributed by atoms with E-state index in [1.165, 1.54) is 12.1 Å². The molecule has 0 radical (unpaired) electrons. The van der Waals surface area contributed by atoms with Crippen molar-refractivity contribution in [2.75, 3.05) is 0 Å². The van der Waals surface area contributed by atoms with Crippen molar-refractivity contribution in [2.24, 2.45) is 4.99 Å². The molecule has 0 saturated carbocycles. The van der Waals surface area contributed by atoms with Gasteiger partial charge in [-0.1, -0.05) is 0 Å². The van der Waals surface area contributed by atoms with Crippen molar-refractivity contribution in [3.05, 3.63) is 28.8 Å². The number of isothiocyanates is 1. The maximum atomic E-state index is 12.7. The number of thiocarbonyl (C=S) groups is 1. The number of hydrogen-bond donors (Lipinski definition) is 0. The van der Waals surface area contributed by atoms with Crippen molar-refractivity contribution in [1.82, 2.24) is 0 Å². The SMILES string of the molecule is N#Cc1ccc(N=C=S)c(C#N)c1C(F)(F)F. The van der Waals surface area contributed by atoms with Gasteiger partial charge in [0.05, 0.1) is 33.6 Å². The van der Waals surface area contributed by atoms with Crippen LogP contribution >= 0.6 is 12.2 Å². The molecule has 0 N–H and O–H groups in total. The van der Waals surface area contributed by atoms with Gasteiger partial charge in [0.15, 0.2) is 0 Å². The third-order valence-corrected chi connectivity index (χ3v) is 1.96. The largest absolute Gasteiger partial charge is 0.419 e. The normalized spacial score (nSPS) is 9.94. The van der Waals surface area contributed by atoms with Crippen molar-refractivity contribution < 1.29 is 13.2 Å². The minimum absolute atomic E-state index is 0.256. The van der Waals surface area contributed by atoms with Gasteiger partial charge >= 0.3 is 6.18 Å². The summed E-state index contributed by atoms with van der Waals surface area (Å²) in [6, 6.07) is 4.82. The van der Waals surface area contributed by atoms with Gasteiger partial charge < -0.3 is 0 Å². The summed E-state index contributed by atoms with van der Waals surface area (Å²) in [6.07, 6.45) is -4.80. The number of rotatable bonds is 1. The average molecular weight is 253 g/mol. The molecule has 0 aliphatic rings. The lowest BCUT2D eigenvalue weighted by atomic mass is 10.00. The highest BCUT2D eigenvalue weighted by atomic mass is 32.1. The Morgan fingerprint density at radius 1 is 1.18 bits per heavy atom. The fourth-order valence-corrected chi connectivity index (χ4v) is 1.33. The molecule has 0 unspecified atom stereocenters. The molecule has 0 aliphatic carbocycles. The summed E-state index contributed by atoms with van der Waals surface area (Å²) in [4.78, 5) is 3.36. The van der Waals surface area contributed by atoms with E-state index in [1.54, 1.807) is 0 Å². The van der Waals surface area contributed by atoms with Gasteiger partial charge in [0.25, 0.3) is 0 Å². The van der Waals surface area contributed by atoms with E-state index in [2.05, 4.69) is 17.2 Å². The van der Waals surface area contributed by atoms with Crippen LogP contribution in [0.1, 0.15) is 16.7 Å². The van der Waals surface area contributed by atoms with Crippen LogP contribution in [0, 0.1) is 22.7 Å². The van der Waals surface area contributed by atoms with Crippen molar-refractivity contribution >= 4 is 23.1 Å². The van der Waals surface area contributed by atoms with Gasteiger partial charge in [0.1, 0.15) is 6.07 Å². The van der Waals surface area contributed by atoms with E-state index in [0.717, 1.165) is 12.1 Å². The van der Waals surface area contributed by atoms with Crippen molar-refractivity contribution in [2.45, 2.75) is 6.18 Å². The summed E-state index contributed by atoms with van der Waals surface area (Å²) < 4.78 is 38.1. The van der Waals surface area contributed by atoms with Gasteiger partial charge in [0.2, 0.25) is 0 Å². The Kier molecular flexibility index (Phi) is 3.59. The molecule has 0 fully saturated rings. The smallest absolute Gasteiger partial charge is 0.193 e. The Labute approximate surface area is 99.4 Å². The summed E-state index contributed by atoms with van der Waals surface area (Å²) in [5.74, 6) is 0. The predicted octanol–water partition coefficient (Wildman–Crippen LogP) is 3.18. The molecule has 0 bridgehead atoms. The maximum absolute atomic E-state index is 12.7. The van der Waals surface area contributed by atoms with Crippen LogP contribution in [0.4, 0.5) is 18.9 Å². The second-order valence-corrected chi connectivity index (χ2v) is 2.99. The second-order valence-electron chi connectivity index (χ2n) is 2.81. The number of hydrogen-bond acceptors (Lipinski definition) is 4. The molecule has 0 atom stereocenters. The monoisotopic (exact) mass is 253 g/mol. The lowest BCUT2D eigenvalue weighted by Gasteiger charge is -2.11. The highest BCUT2D eigenvalue weighted by molar-refractivity contribution is 7.78. The molecule has 1 aromatic carbocycles.